The second-order valence-electron chi connectivity index (χ2n) is 5.28. The van der Waals surface area contributed by atoms with Crippen LogP contribution in [0.25, 0.3) is 0 Å². The number of rotatable bonds is 7. The number of alkyl halides is 3. The van der Waals surface area contributed by atoms with Crippen LogP contribution in [0.15, 0.2) is 18.2 Å². The largest absolute Gasteiger partial charge is 0.418 e. The number of benzene rings is 1. The van der Waals surface area contributed by atoms with Crippen LogP contribution in [0.3, 0.4) is 0 Å². The van der Waals surface area contributed by atoms with Crippen molar-refractivity contribution in [3.63, 3.8) is 0 Å². The first-order chi connectivity index (χ1) is 9.97. The zero-order valence-corrected chi connectivity index (χ0v) is 12.1. The Bertz CT molecular complexity index is 472. The van der Waals surface area contributed by atoms with Gasteiger partial charge in [-0.25, -0.2) is 0 Å². The molecule has 0 unspecified atom stereocenters. The number of halogens is 3. The standard InChI is InChI=1S/C15H21F3N2O/c1-2-19-10-11-3-6-14(13(9-11)15(16,17)18)20(7-8-21)12-4-5-12/h3,6,9,12,19,21H,2,4-5,7-8,10H2,1H3. The van der Waals surface area contributed by atoms with Gasteiger partial charge in [0.15, 0.2) is 0 Å². The molecule has 118 valence electrons. The molecule has 0 amide bonds. The zero-order valence-electron chi connectivity index (χ0n) is 12.1. The molecule has 2 rings (SSSR count). The first kappa shape index (κ1) is 16.1. The third-order valence-electron chi connectivity index (χ3n) is 3.58. The molecule has 0 aromatic heterocycles. The molecule has 1 aliphatic rings. The van der Waals surface area contributed by atoms with Crippen LogP contribution in [-0.2, 0) is 12.7 Å². The first-order valence-electron chi connectivity index (χ1n) is 7.25. The summed E-state index contributed by atoms with van der Waals surface area (Å²) in [5.74, 6) is 0. The molecule has 0 atom stereocenters. The number of aliphatic hydroxyl groups excluding tert-OH is 1. The van der Waals surface area contributed by atoms with E-state index < -0.39 is 11.7 Å². The van der Waals surface area contributed by atoms with E-state index in [-0.39, 0.29) is 24.9 Å². The minimum Gasteiger partial charge on any atom is -0.395 e. The highest BCUT2D eigenvalue weighted by Crippen LogP contribution is 2.41. The summed E-state index contributed by atoms with van der Waals surface area (Å²) >= 11 is 0. The average Bonchev–Trinajstić information content (AvgIpc) is 3.26. The molecule has 0 saturated heterocycles. The van der Waals surface area contributed by atoms with E-state index in [9.17, 15) is 13.2 Å². The van der Waals surface area contributed by atoms with Crippen LogP contribution >= 0.6 is 0 Å². The molecule has 0 spiro atoms. The number of aliphatic hydroxyl groups is 1. The summed E-state index contributed by atoms with van der Waals surface area (Å²) in [7, 11) is 0. The normalized spacial score (nSPS) is 15.3. The number of hydrogen-bond donors (Lipinski definition) is 2. The van der Waals surface area contributed by atoms with Crippen molar-refractivity contribution in [2.24, 2.45) is 0 Å². The first-order valence-corrected chi connectivity index (χ1v) is 7.25. The van der Waals surface area contributed by atoms with Gasteiger partial charge in [0.25, 0.3) is 0 Å². The fourth-order valence-corrected chi connectivity index (χ4v) is 2.43. The highest BCUT2D eigenvalue weighted by Gasteiger charge is 2.38. The summed E-state index contributed by atoms with van der Waals surface area (Å²) in [6, 6.07) is 4.59. The van der Waals surface area contributed by atoms with Crippen LogP contribution in [0.4, 0.5) is 18.9 Å². The van der Waals surface area contributed by atoms with Gasteiger partial charge in [0.05, 0.1) is 12.2 Å². The molecule has 1 fully saturated rings. The van der Waals surface area contributed by atoms with E-state index in [1.807, 2.05) is 6.92 Å². The molecular formula is C15H21F3N2O. The van der Waals surface area contributed by atoms with Crippen LogP contribution in [-0.4, -0.2) is 30.8 Å². The number of anilines is 1. The lowest BCUT2D eigenvalue weighted by Crippen LogP contribution is -2.31. The van der Waals surface area contributed by atoms with Gasteiger partial charge in [-0.15, -0.1) is 0 Å². The molecule has 2 N–H and O–H groups in total. The van der Waals surface area contributed by atoms with Crippen molar-refractivity contribution in [1.29, 1.82) is 0 Å². The van der Waals surface area contributed by atoms with Gasteiger partial charge in [-0.05, 0) is 37.1 Å². The van der Waals surface area contributed by atoms with E-state index in [1.54, 1.807) is 11.0 Å². The van der Waals surface area contributed by atoms with E-state index in [4.69, 9.17) is 5.11 Å². The fourth-order valence-electron chi connectivity index (χ4n) is 2.43. The van der Waals surface area contributed by atoms with Crippen LogP contribution < -0.4 is 10.2 Å². The minimum absolute atomic E-state index is 0.123. The number of hydrogen-bond acceptors (Lipinski definition) is 3. The zero-order chi connectivity index (χ0) is 15.5. The van der Waals surface area contributed by atoms with E-state index in [0.717, 1.165) is 12.8 Å². The molecule has 21 heavy (non-hydrogen) atoms. The van der Waals surface area contributed by atoms with Crippen molar-refractivity contribution in [3.8, 4) is 0 Å². The predicted molar refractivity (Wildman–Crippen MR) is 76.3 cm³/mol. The highest BCUT2D eigenvalue weighted by atomic mass is 19.4. The van der Waals surface area contributed by atoms with Crippen LogP contribution in [0.2, 0.25) is 0 Å². The second-order valence-corrected chi connectivity index (χ2v) is 5.28. The molecule has 1 saturated carbocycles. The lowest BCUT2D eigenvalue weighted by molar-refractivity contribution is -0.137. The molecule has 0 aliphatic heterocycles. The molecule has 0 radical (unpaired) electrons. The molecule has 0 heterocycles. The monoisotopic (exact) mass is 302 g/mol. The molecule has 0 bridgehead atoms. The molecule has 3 nitrogen and oxygen atoms in total. The minimum atomic E-state index is -4.39. The molecule has 6 heteroatoms. The topological polar surface area (TPSA) is 35.5 Å². The fraction of sp³-hybridized carbons (Fsp3) is 0.600. The van der Waals surface area contributed by atoms with Gasteiger partial charge in [0.1, 0.15) is 0 Å². The summed E-state index contributed by atoms with van der Waals surface area (Å²) in [4.78, 5) is 1.68. The van der Waals surface area contributed by atoms with E-state index in [2.05, 4.69) is 5.32 Å². The van der Waals surface area contributed by atoms with E-state index in [1.165, 1.54) is 12.1 Å². The maximum absolute atomic E-state index is 13.3. The Morgan fingerprint density at radius 2 is 2.05 bits per heavy atom. The second kappa shape index (κ2) is 6.66. The van der Waals surface area contributed by atoms with Crippen LogP contribution in [0.5, 0.6) is 0 Å². The van der Waals surface area contributed by atoms with Crippen molar-refractivity contribution >= 4 is 5.69 Å². The molecule has 1 aromatic rings. The van der Waals surface area contributed by atoms with E-state index in [0.29, 0.717) is 18.7 Å². The lowest BCUT2D eigenvalue weighted by Gasteiger charge is -2.27. The molecule has 1 aromatic carbocycles. The lowest BCUT2D eigenvalue weighted by atomic mass is 10.1. The highest BCUT2D eigenvalue weighted by molar-refractivity contribution is 5.58. The average molecular weight is 302 g/mol. The predicted octanol–water partition coefficient (Wildman–Crippen LogP) is 2.78. The summed E-state index contributed by atoms with van der Waals surface area (Å²) in [5.41, 5.74) is 0.185. The van der Waals surface area contributed by atoms with Gasteiger partial charge in [0.2, 0.25) is 0 Å². The van der Waals surface area contributed by atoms with Gasteiger partial charge in [0, 0.05) is 24.8 Å². The van der Waals surface area contributed by atoms with Gasteiger partial charge in [-0.2, -0.15) is 13.2 Å². The Morgan fingerprint density at radius 3 is 2.57 bits per heavy atom. The Morgan fingerprint density at radius 1 is 1.33 bits per heavy atom. The van der Waals surface area contributed by atoms with Gasteiger partial charge < -0.3 is 15.3 Å². The smallest absolute Gasteiger partial charge is 0.395 e. The SMILES string of the molecule is CCNCc1ccc(N(CCO)C2CC2)c(C(F)(F)F)c1. The number of nitrogens with one attached hydrogen (secondary N) is 1. The third-order valence-corrected chi connectivity index (χ3v) is 3.58. The van der Waals surface area contributed by atoms with Gasteiger partial charge >= 0.3 is 6.18 Å². The summed E-state index contributed by atoms with van der Waals surface area (Å²) in [5, 5.41) is 12.1. The molecular weight excluding hydrogens is 281 g/mol. The molecule has 1 aliphatic carbocycles. The Labute approximate surface area is 122 Å². The van der Waals surface area contributed by atoms with E-state index >= 15 is 0 Å². The maximum Gasteiger partial charge on any atom is 0.418 e. The quantitative estimate of drug-likeness (QED) is 0.813. The Hall–Kier alpha value is -1.27. The van der Waals surface area contributed by atoms with Crippen molar-refractivity contribution < 1.29 is 18.3 Å². The van der Waals surface area contributed by atoms with Crippen molar-refractivity contribution in [1.82, 2.24) is 5.32 Å². The van der Waals surface area contributed by atoms with Crippen molar-refractivity contribution in [2.75, 3.05) is 24.6 Å². The van der Waals surface area contributed by atoms with Gasteiger partial charge in [-0.3, -0.25) is 0 Å². The summed E-state index contributed by atoms with van der Waals surface area (Å²) in [6.07, 6.45) is -2.62. The third kappa shape index (κ3) is 4.11. The maximum atomic E-state index is 13.3. The van der Waals surface area contributed by atoms with Crippen LogP contribution in [0, 0.1) is 0 Å². The number of nitrogens with zero attached hydrogens (tertiary/aromatic N) is 1. The van der Waals surface area contributed by atoms with Gasteiger partial charge in [-0.1, -0.05) is 13.0 Å². The van der Waals surface area contributed by atoms with Crippen molar-refractivity contribution in [2.45, 2.75) is 38.5 Å². The summed E-state index contributed by atoms with van der Waals surface area (Å²) in [6.45, 7) is 3.13. The van der Waals surface area contributed by atoms with Crippen molar-refractivity contribution in [3.05, 3.63) is 29.3 Å². The Balaban J connectivity index is 2.34. The Kier molecular flexibility index (Phi) is 5.11. The summed E-state index contributed by atoms with van der Waals surface area (Å²) < 4.78 is 40.0. The van der Waals surface area contributed by atoms with Crippen LogP contribution in [0.1, 0.15) is 30.9 Å².